The summed E-state index contributed by atoms with van der Waals surface area (Å²) in [7, 11) is 0. The summed E-state index contributed by atoms with van der Waals surface area (Å²) in [6, 6.07) is 0.642. The van der Waals surface area contributed by atoms with Crippen LogP contribution < -0.4 is 5.32 Å². The Bertz CT molecular complexity index is 176. The lowest BCUT2D eigenvalue weighted by Gasteiger charge is -2.46. The van der Waals surface area contributed by atoms with Crippen LogP contribution in [0.15, 0.2) is 0 Å². The van der Waals surface area contributed by atoms with E-state index >= 15 is 0 Å². The molecule has 0 bridgehead atoms. The fourth-order valence-electron chi connectivity index (χ4n) is 2.65. The zero-order valence-electron chi connectivity index (χ0n) is 8.68. The number of hydrogen-bond acceptors (Lipinski definition) is 3. The Balaban J connectivity index is 2.12. The van der Waals surface area contributed by atoms with Crippen LogP contribution in [0, 0.1) is 0 Å². The summed E-state index contributed by atoms with van der Waals surface area (Å²) in [6.45, 7) is 9.73. The van der Waals surface area contributed by atoms with Crippen molar-refractivity contribution in [2.75, 3.05) is 32.8 Å². The average Bonchev–Trinajstić information content (AvgIpc) is 2.54. The van der Waals surface area contributed by atoms with Crippen LogP contribution >= 0.6 is 0 Å². The highest BCUT2D eigenvalue weighted by molar-refractivity contribution is 5.00. The highest BCUT2D eigenvalue weighted by Gasteiger charge is 2.42. The summed E-state index contributed by atoms with van der Waals surface area (Å²) >= 11 is 0. The molecule has 1 unspecified atom stereocenters. The molecular formula is C10H20N2O. The van der Waals surface area contributed by atoms with Crippen LogP contribution in [0.2, 0.25) is 0 Å². The van der Waals surface area contributed by atoms with Gasteiger partial charge in [0.2, 0.25) is 0 Å². The number of nitrogens with one attached hydrogen (secondary N) is 1. The lowest BCUT2D eigenvalue weighted by atomic mass is 9.94. The highest BCUT2D eigenvalue weighted by Crippen LogP contribution is 2.28. The van der Waals surface area contributed by atoms with Crippen LogP contribution in [0.25, 0.3) is 0 Å². The molecule has 3 nitrogen and oxygen atoms in total. The van der Waals surface area contributed by atoms with Gasteiger partial charge in [0.1, 0.15) is 0 Å². The van der Waals surface area contributed by atoms with Gasteiger partial charge in [-0.1, -0.05) is 0 Å². The molecule has 2 aliphatic heterocycles. The van der Waals surface area contributed by atoms with Gasteiger partial charge < -0.3 is 10.1 Å². The molecule has 0 aromatic heterocycles. The van der Waals surface area contributed by atoms with Gasteiger partial charge in [0.15, 0.2) is 0 Å². The summed E-state index contributed by atoms with van der Waals surface area (Å²) in [5.74, 6) is 0. The Morgan fingerprint density at radius 2 is 2.31 bits per heavy atom. The first-order chi connectivity index (χ1) is 6.25. The Labute approximate surface area is 80.4 Å². The monoisotopic (exact) mass is 184 g/mol. The van der Waals surface area contributed by atoms with E-state index < -0.39 is 0 Å². The lowest BCUT2D eigenvalue weighted by molar-refractivity contribution is -0.0735. The molecule has 0 aliphatic carbocycles. The maximum Gasteiger partial charge on any atom is 0.0664 e. The second kappa shape index (κ2) is 3.56. The Kier molecular flexibility index (Phi) is 2.58. The van der Waals surface area contributed by atoms with Crippen molar-refractivity contribution in [3.8, 4) is 0 Å². The molecule has 2 saturated heterocycles. The standard InChI is InChI=1S/C10H20N2O/c1-9(2)12-5-6-13-8-10(12)3-4-11-7-10/h9,11H,3-8H2,1-2H3. The van der Waals surface area contributed by atoms with Gasteiger partial charge in [-0.2, -0.15) is 0 Å². The van der Waals surface area contributed by atoms with Crippen molar-refractivity contribution < 1.29 is 4.74 Å². The van der Waals surface area contributed by atoms with Crippen molar-refractivity contribution in [3.05, 3.63) is 0 Å². The number of rotatable bonds is 1. The largest absolute Gasteiger partial charge is 0.378 e. The van der Waals surface area contributed by atoms with E-state index in [2.05, 4.69) is 24.1 Å². The van der Waals surface area contributed by atoms with E-state index in [-0.39, 0.29) is 0 Å². The van der Waals surface area contributed by atoms with Gasteiger partial charge in [-0.3, -0.25) is 4.90 Å². The number of morpholine rings is 1. The van der Waals surface area contributed by atoms with Gasteiger partial charge in [0.05, 0.1) is 18.8 Å². The molecule has 2 aliphatic rings. The quantitative estimate of drug-likeness (QED) is 0.641. The average molecular weight is 184 g/mol. The molecule has 0 aromatic rings. The first-order valence-electron chi connectivity index (χ1n) is 5.30. The van der Waals surface area contributed by atoms with Crippen LogP contribution in [-0.2, 0) is 4.74 Å². The summed E-state index contributed by atoms with van der Waals surface area (Å²) < 4.78 is 5.61. The molecule has 13 heavy (non-hydrogen) atoms. The van der Waals surface area contributed by atoms with Crippen LogP contribution in [-0.4, -0.2) is 49.3 Å². The lowest BCUT2D eigenvalue weighted by Crippen LogP contribution is -2.60. The molecule has 1 N–H and O–H groups in total. The molecule has 2 rings (SSSR count). The van der Waals surface area contributed by atoms with E-state index in [1.165, 1.54) is 6.42 Å². The van der Waals surface area contributed by atoms with Crippen LogP contribution in [0.1, 0.15) is 20.3 Å². The third kappa shape index (κ3) is 1.60. The molecule has 1 spiro atoms. The van der Waals surface area contributed by atoms with E-state index in [9.17, 15) is 0 Å². The van der Waals surface area contributed by atoms with Gasteiger partial charge in [0, 0.05) is 19.1 Å². The molecule has 3 heteroatoms. The molecule has 0 radical (unpaired) electrons. The Hall–Kier alpha value is -0.120. The normalized spacial score (nSPS) is 36.2. The van der Waals surface area contributed by atoms with Crippen molar-refractivity contribution in [1.82, 2.24) is 10.2 Å². The molecule has 1 atom stereocenters. The van der Waals surface area contributed by atoms with Crippen molar-refractivity contribution in [1.29, 1.82) is 0 Å². The van der Waals surface area contributed by atoms with Gasteiger partial charge in [-0.15, -0.1) is 0 Å². The van der Waals surface area contributed by atoms with Crippen LogP contribution in [0.3, 0.4) is 0 Å². The third-order valence-corrected chi connectivity index (χ3v) is 3.30. The van der Waals surface area contributed by atoms with Crippen LogP contribution in [0.4, 0.5) is 0 Å². The smallest absolute Gasteiger partial charge is 0.0664 e. The van der Waals surface area contributed by atoms with Gasteiger partial charge in [-0.25, -0.2) is 0 Å². The van der Waals surface area contributed by atoms with Gasteiger partial charge in [0.25, 0.3) is 0 Å². The molecule has 2 heterocycles. The SMILES string of the molecule is CC(C)N1CCOCC12CCNC2. The Morgan fingerprint density at radius 1 is 1.46 bits per heavy atom. The summed E-state index contributed by atoms with van der Waals surface area (Å²) in [6.07, 6.45) is 1.24. The summed E-state index contributed by atoms with van der Waals surface area (Å²) in [5.41, 5.74) is 0.312. The second-order valence-electron chi connectivity index (χ2n) is 4.49. The molecule has 0 saturated carbocycles. The number of ether oxygens (including phenoxy) is 1. The predicted octanol–water partition coefficient (Wildman–Crippen LogP) is 0.459. The highest BCUT2D eigenvalue weighted by atomic mass is 16.5. The van der Waals surface area contributed by atoms with Crippen molar-refractivity contribution in [2.45, 2.75) is 31.8 Å². The number of hydrogen-bond donors (Lipinski definition) is 1. The van der Waals surface area contributed by atoms with Crippen molar-refractivity contribution >= 4 is 0 Å². The maximum atomic E-state index is 5.61. The number of nitrogens with zero attached hydrogens (tertiary/aromatic N) is 1. The zero-order valence-corrected chi connectivity index (χ0v) is 8.68. The topological polar surface area (TPSA) is 24.5 Å². The fraction of sp³-hybridized carbons (Fsp3) is 1.00. The van der Waals surface area contributed by atoms with Crippen molar-refractivity contribution in [3.63, 3.8) is 0 Å². The van der Waals surface area contributed by atoms with E-state index in [4.69, 9.17) is 4.74 Å². The van der Waals surface area contributed by atoms with Gasteiger partial charge >= 0.3 is 0 Å². The molecular weight excluding hydrogens is 164 g/mol. The molecule has 76 valence electrons. The van der Waals surface area contributed by atoms with E-state index in [1.807, 2.05) is 0 Å². The van der Waals surface area contributed by atoms with Crippen LogP contribution in [0.5, 0.6) is 0 Å². The molecule has 2 fully saturated rings. The van der Waals surface area contributed by atoms with E-state index in [0.29, 0.717) is 11.6 Å². The van der Waals surface area contributed by atoms with Gasteiger partial charge in [-0.05, 0) is 26.8 Å². The summed E-state index contributed by atoms with van der Waals surface area (Å²) in [5, 5.41) is 3.45. The second-order valence-corrected chi connectivity index (χ2v) is 4.49. The van der Waals surface area contributed by atoms with E-state index in [1.54, 1.807) is 0 Å². The summed E-state index contributed by atoms with van der Waals surface area (Å²) in [4.78, 5) is 2.61. The maximum absolute atomic E-state index is 5.61. The molecule has 0 amide bonds. The fourth-order valence-corrected chi connectivity index (χ4v) is 2.65. The van der Waals surface area contributed by atoms with E-state index in [0.717, 1.165) is 32.8 Å². The minimum atomic E-state index is 0.312. The minimum absolute atomic E-state index is 0.312. The molecule has 0 aromatic carbocycles. The predicted molar refractivity (Wildman–Crippen MR) is 52.9 cm³/mol. The minimum Gasteiger partial charge on any atom is -0.378 e. The Morgan fingerprint density at radius 3 is 2.92 bits per heavy atom. The van der Waals surface area contributed by atoms with Crippen molar-refractivity contribution in [2.24, 2.45) is 0 Å². The third-order valence-electron chi connectivity index (χ3n) is 3.30. The first kappa shape index (κ1) is 9.44. The zero-order chi connectivity index (χ0) is 9.31. The first-order valence-corrected chi connectivity index (χ1v) is 5.30.